The molecule has 3 rings (SSSR count). The predicted molar refractivity (Wildman–Crippen MR) is 101 cm³/mol. The zero-order valence-corrected chi connectivity index (χ0v) is 15.9. The summed E-state index contributed by atoms with van der Waals surface area (Å²) in [7, 11) is 1.96. The number of halogens is 1. The third kappa shape index (κ3) is 3.74. The average molecular weight is 390 g/mol. The van der Waals surface area contributed by atoms with Crippen molar-refractivity contribution < 1.29 is 0 Å². The van der Waals surface area contributed by atoms with Crippen molar-refractivity contribution in [3.63, 3.8) is 0 Å². The van der Waals surface area contributed by atoms with Gasteiger partial charge in [-0.25, -0.2) is 0 Å². The highest BCUT2D eigenvalue weighted by molar-refractivity contribution is 9.10. The van der Waals surface area contributed by atoms with Crippen LogP contribution in [-0.4, -0.2) is 9.78 Å². The van der Waals surface area contributed by atoms with Crippen LogP contribution in [0.25, 0.3) is 10.4 Å². The van der Waals surface area contributed by atoms with Crippen LogP contribution in [0, 0.1) is 6.92 Å². The van der Waals surface area contributed by atoms with Crippen molar-refractivity contribution in [2.24, 2.45) is 7.05 Å². The molecule has 0 bridgehead atoms. The van der Waals surface area contributed by atoms with E-state index in [1.54, 1.807) is 0 Å². The number of hydrogen-bond donors (Lipinski definition) is 1. The summed E-state index contributed by atoms with van der Waals surface area (Å²) in [4.78, 5) is 2.63. The first-order valence-electron chi connectivity index (χ1n) is 7.61. The highest BCUT2D eigenvalue weighted by atomic mass is 79.9. The summed E-state index contributed by atoms with van der Waals surface area (Å²) in [5.74, 6) is 0. The van der Waals surface area contributed by atoms with Gasteiger partial charge in [-0.1, -0.05) is 34.1 Å². The van der Waals surface area contributed by atoms with Gasteiger partial charge >= 0.3 is 0 Å². The second-order valence-corrected chi connectivity index (χ2v) is 7.71. The molecule has 1 unspecified atom stereocenters. The molecule has 0 saturated heterocycles. The first kappa shape index (κ1) is 16.4. The van der Waals surface area contributed by atoms with Gasteiger partial charge in [0.2, 0.25) is 0 Å². The Hall–Kier alpha value is -1.43. The molecule has 1 atom stereocenters. The number of aromatic nitrogens is 2. The fraction of sp³-hybridized carbons (Fsp3) is 0.278. The average Bonchev–Trinajstić information content (AvgIpc) is 3.12. The number of thiophene rings is 1. The minimum atomic E-state index is 0.290. The summed E-state index contributed by atoms with van der Waals surface area (Å²) in [6, 6.07) is 13.0. The molecule has 0 saturated carbocycles. The quantitative estimate of drug-likeness (QED) is 0.659. The van der Waals surface area contributed by atoms with Gasteiger partial charge in [0, 0.05) is 51.2 Å². The smallest absolute Gasteiger partial charge is 0.0641 e. The Labute approximate surface area is 149 Å². The topological polar surface area (TPSA) is 29.9 Å². The second-order valence-electron chi connectivity index (χ2n) is 5.69. The molecule has 0 spiro atoms. The highest BCUT2D eigenvalue weighted by Crippen LogP contribution is 2.33. The third-order valence-corrected chi connectivity index (χ3v) is 5.71. The van der Waals surface area contributed by atoms with E-state index in [1.807, 2.05) is 29.1 Å². The molecule has 0 radical (unpaired) electrons. The molecule has 5 heteroatoms. The molecule has 120 valence electrons. The van der Waals surface area contributed by atoms with Gasteiger partial charge in [0.15, 0.2) is 0 Å². The Morgan fingerprint density at radius 2 is 2.04 bits per heavy atom. The molecule has 0 amide bonds. The number of benzene rings is 1. The van der Waals surface area contributed by atoms with Crippen molar-refractivity contribution in [2.45, 2.75) is 26.4 Å². The lowest BCUT2D eigenvalue weighted by Gasteiger charge is -2.12. The lowest BCUT2D eigenvalue weighted by molar-refractivity contribution is 0.576. The van der Waals surface area contributed by atoms with Crippen LogP contribution in [0.2, 0.25) is 0 Å². The molecule has 3 aromatic rings. The van der Waals surface area contributed by atoms with Crippen molar-refractivity contribution in [1.82, 2.24) is 15.1 Å². The minimum Gasteiger partial charge on any atom is -0.305 e. The molecule has 1 N–H and O–H groups in total. The summed E-state index contributed by atoms with van der Waals surface area (Å²) < 4.78 is 3.01. The summed E-state index contributed by atoms with van der Waals surface area (Å²) in [6.45, 7) is 5.11. The Balaban J connectivity index is 1.68. The van der Waals surface area contributed by atoms with E-state index < -0.39 is 0 Å². The Bertz CT molecular complexity index is 806. The molecule has 1 aromatic carbocycles. The van der Waals surface area contributed by atoms with Crippen LogP contribution < -0.4 is 5.32 Å². The molecule has 2 heterocycles. The van der Waals surface area contributed by atoms with Gasteiger partial charge in [0.05, 0.1) is 5.69 Å². The van der Waals surface area contributed by atoms with E-state index in [4.69, 9.17) is 0 Å². The van der Waals surface area contributed by atoms with Gasteiger partial charge in [0.1, 0.15) is 0 Å². The lowest BCUT2D eigenvalue weighted by atomic mass is 10.1. The van der Waals surface area contributed by atoms with Gasteiger partial charge in [-0.05, 0) is 32.0 Å². The van der Waals surface area contributed by atoms with Crippen LogP contribution in [0.15, 0.2) is 47.1 Å². The van der Waals surface area contributed by atoms with Crippen LogP contribution in [-0.2, 0) is 13.6 Å². The summed E-state index contributed by atoms with van der Waals surface area (Å²) in [6.07, 6.45) is 2.09. The molecular formula is C18H20BrN3S. The predicted octanol–water partition coefficient (Wildman–Crippen LogP) is 5.07. The minimum absolute atomic E-state index is 0.290. The van der Waals surface area contributed by atoms with Crippen molar-refractivity contribution in [2.75, 3.05) is 0 Å². The van der Waals surface area contributed by atoms with E-state index in [2.05, 4.69) is 76.7 Å². The largest absolute Gasteiger partial charge is 0.305 e. The van der Waals surface area contributed by atoms with Crippen LogP contribution >= 0.6 is 27.3 Å². The number of nitrogens with one attached hydrogen (secondary N) is 1. The molecule has 0 aliphatic rings. The van der Waals surface area contributed by atoms with Gasteiger partial charge in [-0.2, -0.15) is 5.10 Å². The van der Waals surface area contributed by atoms with Gasteiger partial charge in [0.25, 0.3) is 0 Å². The van der Waals surface area contributed by atoms with E-state index >= 15 is 0 Å². The lowest BCUT2D eigenvalue weighted by Crippen LogP contribution is -2.17. The van der Waals surface area contributed by atoms with E-state index in [-0.39, 0.29) is 6.04 Å². The third-order valence-electron chi connectivity index (χ3n) is 3.90. The maximum atomic E-state index is 4.41. The normalized spacial score (nSPS) is 12.5. The molecule has 0 aliphatic carbocycles. The summed E-state index contributed by atoms with van der Waals surface area (Å²) >= 11 is 5.46. The van der Waals surface area contributed by atoms with Crippen LogP contribution in [0.3, 0.4) is 0 Å². The molecule has 0 fully saturated rings. The zero-order valence-electron chi connectivity index (χ0n) is 13.5. The molecule has 0 aliphatic heterocycles. The van der Waals surface area contributed by atoms with E-state index in [9.17, 15) is 0 Å². The van der Waals surface area contributed by atoms with Gasteiger partial charge in [-0.15, -0.1) is 11.3 Å². The van der Waals surface area contributed by atoms with Gasteiger partial charge < -0.3 is 5.32 Å². The number of aryl methyl sites for hydroxylation is 2. The fourth-order valence-corrected chi connectivity index (χ4v) is 4.31. The van der Waals surface area contributed by atoms with Crippen LogP contribution in [0.4, 0.5) is 0 Å². The van der Waals surface area contributed by atoms with E-state index in [0.29, 0.717) is 0 Å². The second kappa shape index (κ2) is 6.99. The van der Waals surface area contributed by atoms with Crippen molar-refractivity contribution in [3.8, 4) is 10.4 Å². The van der Waals surface area contributed by atoms with E-state index in [1.165, 1.54) is 20.9 Å². The molecular weight excluding hydrogens is 370 g/mol. The maximum Gasteiger partial charge on any atom is 0.0641 e. The number of rotatable bonds is 5. The van der Waals surface area contributed by atoms with E-state index in [0.717, 1.165) is 16.7 Å². The molecule has 2 aromatic heterocycles. The van der Waals surface area contributed by atoms with Crippen molar-refractivity contribution >= 4 is 27.3 Å². The first-order valence-corrected chi connectivity index (χ1v) is 9.22. The summed E-state index contributed by atoms with van der Waals surface area (Å²) in [5.41, 5.74) is 3.60. The van der Waals surface area contributed by atoms with Crippen molar-refractivity contribution in [3.05, 3.63) is 63.2 Å². The standard InChI is InChI=1S/C18H20BrN3S/c1-12(16-11-22(3)21-13(16)2)20-10-14-8-9-18(23-14)15-6-4-5-7-17(15)19/h4-9,11-12,20H,10H2,1-3H3. The first-order chi connectivity index (χ1) is 11.0. The SMILES string of the molecule is Cc1nn(C)cc1C(C)NCc1ccc(-c2ccccc2Br)s1. The number of nitrogens with zero attached hydrogens (tertiary/aromatic N) is 2. The van der Waals surface area contributed by atoms with Crippen molar-refractivity contribution in [1.29, 1.82) is 0 Å². The highest BCUT2D eigenvalue weighted by Gasteiger charge is 2.12. The Kier molecular flexibility index (Phi) is 4.99. The van der Waals surface area contributed by atoms with Crippen LogP contribution in [0.5, 0.6) is 0 Å². The monoisotopic (exact) mass is 389 g/mol. The van der Waals surface area contributed by atoms with Gasteiger partial charge in [-0.3, -0.25) is 4.68 Å². The summed E-state index contributed by atoms with van der Waals surface area (Å²) in [5, 5.41) is 8.01. The van der Waals surface area contributed by atoms with Crippen LogP contribution in [0.1, 0.15) is 29.1 Å². The zero-order chi connectivity index (χ0) is 16.4. The Morgan fingerprint density at radius 3 is 2.74 bits per heavy atom. The molecule has 23 heavy (non-hydrogen) atoms. The maximum absolute atomic E-state index is 4.41. The number of hydrogen-bond acceptors (Lipinski definition) is 3. The Morgan fingerprint density at radius 1 is 1.26 bits per heavy atom. The fourth-order valence-electron chi connectivity index (χ4n) is 2.69. The molecule has 3 nitrogen and oxygen atoms in total.